The van der Waals surface area contributed by atoms with Gasteiger partial charge in [0.1, 0.15) is 6.61 Å². The molecule has 0 bridgehead atoms. The maximum atomic E-state index is 11.8. The Morgan fingerprint density at radius 1 is 1.32 bits per heavy atom. The molecule has 1 aliphatic rings. The van der Waals surface area contributed by atoms with Crippen LogP contribution in [0, 0.1) is 0 Å². The normalized spacial score (nSPS) is 22.3. The Labute approximate surface area is 110 Å². The lowest BCUT2D eigenvalue weighted by atomic mass is 10.1. The second-order valence-corrected chi connectivity index (χ2v) is 4.42. The molecule has 1 fully saturated rings. The van der Waals surface area contributed by atoms with Crippen molar-refractivity contribution in [2.24, 2.45) is 0 Å². The van der Waals surface area contributed by atoms with Gasteiger partial charge in [-0.05, 0) is 12.0 Å². The summed E-state index contributed by atoms with van der Waals surface area (Å²) in [7, 11) is 0. The van der Waals surface area contributed by atoms with Gasteiger partial charge >= 0.3 is 12.1 Å². The van der Waals surface area contributed by atoms with Gasteiger partial charge in [0.2, 0.25) is 5.72 Å². The van der Waals surface area contributed by atoms with E-state index in [0.29, 0.717) is 6.42 Å². The summed E-state index contributed by atoms with van der Waals surface area (Å²) in [6.45, 7) is 0.224. The molecular weight excluding hydrogens is 250 g/mol. The molecule has 6 nitrogen and oxygen atoms in total. The fourth-order valence-corrected chi connectivity index (χ4v) is 2.07. The van der Waals surface area contributed by atoms with Gasteiger partial charge in [0, 0.05) is 13.0 Å². The third-order valence-corrected chi connectivity index (χ3v) is 3.12. The summed E-state index contributed by atoms with van der Waals surface area (Å²) < 4.78 is 5.02. The van der Waals surface area contributed by atoms with Crippen molar-refractivity contribution in [3.05, 3.63) is 35.9 Å². The molecule has 1 aromatic rings. The molecule has 2 N–H and O–H groups in total. The molecule has 1 heterocycles. The van der Waals surface area contributed by atoms with Crippen LogP contribution in [-0.4, -0.2) is 39.4 Å². The van der Waals surface area contributed by atoms with Gasteiger partial charge in [0.05, 0.1) is 0 Å². The third kappa shape index (κ3) is 2.68. The second-order valence-electron chi connectivity index (χ2n) is 4.42. The summed E-state index contributed by atoms with van der Waals surface area (Å²) in [5, 5.41) is 18.9. The summed E-state index contributed by atoms with van der Waals surface area (Å²) in [5.41, 5.74) is -1.35. The number of nitrogens with zero attached hydrogens (tertiary/aromatic N) is 1. The summed E-state index contributed by atoms with van der Waals surface area (Å²) in [6, 6.07) is 9.05. The highest BCUT2D eigenvalue weighted by atomic mass is 16.6. The number of hydrogen-bond acceptors (Lipinski definition) is 4. The van der Waals surface area contributed by atoms with Gasteiger partial charge in [-0.15, -0.1) is 0 Å². The van der Waals surface area contributed by atoms with Crippen LogP contribution in [0.5, 0.6) is 0 Å². The Kier molecular flexibility index (Phi) is 3.71. The average molecular weight is 265 g/mol. The van der Waals surface area contributed by atoms with Crippen molar-refractivity contribution in [2.75, 3.05) is 6.54 Å². The van der Waals surface area contributed by atoms with E-state index in [1.165, 1.54) is 0 Å². The van der Waals surface area contributed by atoms with Crippen LogP contribution in [0.15, 0.2) is 30.3 Å². The van der Waals surface area contributed by atoms with Gasteiger partial charge in [-0.25, -0.2) is 9.59 Å². The Bertz CT molecular complexity index is 475. The van der Waals surface area contributed by atoms with E-state index >= 15 is 0 Å². The van der Waals surface area contributed by atoms with Crippen LogP contribution in [0.3, 0.4) is 0 Å². The molecule has 0 spiro atoms. The number of benzene rings is 1. The summed E-state index contributed by atoms with van der Waals surface area (Å²) in [6.07, 6.45) is -0.363. The van der Waals surface area contributed by atoms with Crippen molar-refractivity contribution in [3.63, 3.8) is 0 Å². The summed E-state index contributed by atoms with van der Waals surface area (Å²) in [4.78, 5) is 23.7. The molecule has 1 atom stereocenters. The topological polar surface area (TPSA) is 87.1 Å². The molecule has 0 saturated carbocycles. The van der Waals surface area contributed by atoms with Gasteiger partial charge in [-0.1, -0.05) is 30.3 Å². The lowest BCUT2D eigenvalue weighted by Crippen LogP contribution is -2.53. The lowest BCUT2D eigenvalue weighted by Gasteiger charge is -2.28. The van der Waals surface area contributed by atoms with Crippen molar-refractivity contribution in [1.82, 2.24) is 4.90 Å². The fraction of sp³-hybridized carbons (Fsp3) is 0.385. The maximum absolute atomic E-state index is 11.8. The monoisotopic (exact) mass is 265 g/mol. The molecule has 19 heavy (non-hydrogen) atoms. The maximum Gasteiger partial charge on any atom is 0.412 e. The van der Waals surface area contributed by atoms with Crippen LogP contribution >= 0.6 is 0 Å². The SMILES string of the molecule is O=C(OCc1ccccc1)N1CCCC1(O)C(=O)O. The van der Waals surface area contributed by atoms with Gasteiger partial charge in [-0.2, -0.15) is 0 Å². The minimum Gasteiger partial charge on any atom is -0.478 e. The Balaban J connectivity index is 1.98. The number of carbonyl (C=O) groups is 2. The van der Waals surface area contributed by atoms with Gasteiger partial charge in [-0.3, -0.25) is 4.90 Å². The number of rotatable bonds is 3. The van der Waals surface area contributed by atoms with Crippen LogP contribution < -0.4 is 0 Å². The van der Waals surface area contributed by atoms with Gasteiger partial charge in [0.25, 0.3) is 0 Å². The molecule has 1 amide bonds. The number of likely N-dealkylation sites (tertiary alicyclic amines) is 1. The molecular formula is C13H15NO5. The van der Waals surface area contributed by atoms with Crippen molar-refractivity contribution in [2.45, 2.75) is 25.2 Å². The predicted molar refractivity (Wildman–Crippen MR) is 65.2 cm³/mol. The first kappa shape index (κ1) is 13.4. The molecule has 1 aromatic carbocycles. The smallest absolute Gasteiger partial charge is 0.412 e. The predicted octanol–water partition coefficient (Wildman–Crippen LogP) is 1.19. The zero-order chi connectivity index (χ0) is 13.9. The first-order valence-electron chi connectivity index (χ1n) is 5.98. The third-order valence-electron chi connectivity index (χ3n) is 3.12. The number of hydrogen-bond donors (Lipinski definition) is 2. The minimum absolute atomic E-state index is 0.0166. The Morgan fingerprint density at radius 3 is 2.63 bits per heavy atom. The number of carboxylic acid groups (broad SMARTS) is 1. The van der Waals surface area contributed by atoms with Crippen LogP contribution in [0.2, 0.25) is 0 Å². The number of aliphatic carboxylic acids is 1. The first-order chi connectivity index (χ1) is 9.04. The van der Waals surface area contributed by atoms with Crippen LogP contribution in [0.1, 0.15) is 18.4 Å². The zero-order valence-corrected chi connectivity index (χ0v) is 10.3. The van der Waals surface area contributed by atoms with Gasteiger partial charge in [0.15, 0.2) is 0 Å². The summed E-state index contributed by atoms with van der Waals surface area (Å²) >= 11 is 0. The number of ether oxygens (including phenoxy) is 1. The molecule has 1 unspecified atom stereocenters. The molecule has 0 radical (unpaired) electrons. The van der Waals surface area contributed by atoms with E-state index in [4.69, 9.17) is 9.84 Å². The molecule has 1 saturated heterocycles. The van der Waals surface area contributed by atoms with Crippen molar-refractivity contribution >= 4 is 12.1 Å². The quantitative estimate of drug-likeness (QED) is 0.857. The molecule has 6 heteroatoms. The van der Waals surface area contributed by atoms with E-state index in [1.807, 2.05) is 18.2 Å². The minimum atomic E-state index is -2.15. The van der Waals surface area contributed by atoms with E-state index in [9.17, 15) is 14.7 Å². The van der Waals surface area contributed by atoms with E-state index < -0.39 is 17.8 Å². The van der Waals surface area contributed by atoms with Gasteiger partial charge < -0.3 is 14.9 Å². The number of carbonyl (C=O) groups excluding carboxylic acids is 1. The fourth-order valence-electron chi connectivity index (χ4n) is 2.07. The highest BCUT2D eigenvalue weighted by molar-refractivity contribution is 5.83. The lowest BCUT2D eigenvalue weighted by molar-refractivity contribution is -0.173. The Hall–Kier alpha value is -2.08. The standard InChI is InChI=1S/C13H15NO5/c15-11(16)13(18)7-4-8-14(13)12(17)19-9-10-5-2-1-3-6-10/h1-3,5-6,18H,4,7-9H2,(H,15,16). The summed E-state index contributed by atoms with van der Waals surface area (Å²) in [5.74, 6) is -1.43. The number of aliphatic hydroxyl groups is 1. The van der Waals surface area contributed by atoms with E-state index in [1.54, 1.807) is 12.1 Å². The zero-order valence-electron chi connectivity index (χ0n) is 10.3. The largest absolute Gasteiger partial charge is 0.478 e. The van der Waals surface area contributed by atoms with E-state index in [-0.39, 0.29) is 19.6 Å². The second kappa shape index (κ2) is 5.27. The first-order valence-corrected chi connectivity index (χ1v) is 5.98. The van der Waals surface area contributed by atoms with Crippen LogP contribution in [0.25, 0.3) is 0 Å². The highest BCUT2D eigenvalue weighted by Gasteiger charge is 2.49. The van der Waals surface area contributed by atoms with Crippen molar-refractivity contribution < 1.29 is 24.5 Å². The van der Waals surface area contributed by atoms with E-state index in [0.717, 1.165) is 10.5 Å². The van der Waals surface area contributed by atoms with E-state index in [2.05, 4.69) is 0 Å². The molecule has 0 aliphatic carbocycles. The molecule has 0 aromatic heterocycles. The molecule has 2 rings (SSSR count). The van der Waals surface area contributed by atoms with Crippen molar-refractivity contribution in [3.8, 4) is 0 Å². The Morgan fingerprint density at radius 2 is 2.00 bits per heavy atom. The number of carboxylic acids is 1. The van der Waals surface area contributed by atoms with Crippen molar-refractivity contribution in [1.29, 1.82) is 0 Å². The number of amides is 1. The van der Waals surface area contributed by atoms with Crippen LogP contribution in [0.4, 0.5) is 4.79 Å². The molecule has 102 valence electrons. The highest BCUT2D eigenvalue weighted by Crippen LogP contribution is 2.27. The average Bonchev–Trinajstić information content (AvgIpc) is 2.81. The van der Waals surface area contributed by atoms with Crippen LogP contribution in [-0.2, 0) is 16.1 Å². The molecule has 1 aliphatic heterocycles.